The van der Waals surface area contributed by atoms with E-state index in [0.29, 0.717) is 16.7 Å². The molecule has 1 aliphatic rings. The monoisotopic (exact) mass is 274 g/mol. The van der Waals surface area contributed by atoms with Crippen LogP contribution in [0.15, 0.2) is 30.7 Å². The molecule has 2 N–H and O–H groups in total. The van der Waals surface area contributed by atoms with E-state index in [-0.39, 0.29) is 5.91 Å². The van der Waals surface area contributed by atoms with E-state index in [1.807, 2.05) is 12.1 Å². The largest absolute Gasteiger partial charge is 0.309 e. The molecule has 0 saturated carbocycles. The second-order valence-electron chi connectivity index (χ2n) is 4.40. The molecule has 0 bridgehead atoms. The number of thiophene rings is 1. The molecule has 0 aromatic carbocycles. The lowest BCUT2D eigenvalue weighted by molar-refractivity contribution is 0.103. The molecule has 3 rings (SSSR count). The second-order valence-corrected chi connectivity index (χ2v) is 5.51. The van der Waals surface area contributed by atoms with E-state index >= 15 is 0 Å². The molecule has 0 unspecified atom stereocenters. The smallest absolute Gasteiger partial charge is 0.266 e. The molecule has 0 spiro atoms. The lowest BCUT2D eigenvalue weighted by Gasteiger charge is -2.06. The average molecular weight is 274 g/mol. The van der Waals surface area contributed by atoms with Crippen molar-refractivity contribution >= 4 is 23.1 Å². The van der Waals surface area contributed by atoms with E-state index in [1.165, 1.54) is 28.8 Å². The number of nitrogens with one attached hydrogen (secondary N) is 2. The highest BCUT2D eigenvalue weighted by Gasteiger charge is 2.19. The van der Waals surface area contributed by atoms with E-state index < -0.39 is 0 Å². The third-order valence-corrected chi connectivity index (χ3v) is 4.26. The van der Waals surface area contributed by atoms with Gasteiger partial charge in [-0.05, 0) is 31.5 Å². The minimum Gasteiger partial charge on any atom is -0.309 e. The number of hydrogen-bond donors (Lipinski definition) is 2. The Bertz CT molecular complexity index is 563. The van der Waals surface area contributed by atoms with Gasteiger partial charge in [0.1, 0.15) is 0 Å². The SMILES string of the molecule is O=C(Nc1cnccn1)c1ccc([C@@H]2CCCN2)s1. The fourth-order valence-corrected chi connectivity index (χ4v) is 3.14. The highest BCUT2D eigenvalue weighted by molar-refractivity contribution is 7.14. The number of nitrogens with zero attached hydrogens (tertiary/aromatic N) is 2. The second kappa shape index (κ2) is 5.46. The van der Waals surface area contributed by atoms with Crippen molar-refractivity contribution in [2.24, 2.45) is 0 Å². The van der Waals surface area contributed by atoms with Crippen LogP contribution >= 0.6 is 11.3 Å². The van der Waals surface area contributed by atoms with E-state index in [0.717, 1.165) is 13.0 Å². The van der Waals surface area contributed by atoms with Crippen molar-refractivity contribution in [3.8, 4) is 0 Å². The van der Waals surface area contributed by atoms with E-state index in [4.69, 9.17) is 0 Å². The summed E-state index contributed by atoms with van der Waals surface area (Å²) in [6.07, 6.45) is 7.00. The summed E-state index contributed by atoms with van der Waals surface area (Å²) in [4.78, 5) is 21.9. The minimum absolute atomic E-state index is 0.130. The quantitative estimate of drug-likeness (QED) is 0.900. The van der Waals surface area contributed by atoms with Gasteiger partial charge in [0.25, 0.3) is 5.91 Å². The third-order valence-electron chi connectivity index (χ3n) is 3.06. The van der Waals surface area contributed by atoms with Crippen LogP contribution in [-0.2, 0) is 0 Å². The van der Waals surface area contributed by atoms with Crippen molar-refractivity contribution in [1.82, 2.24) is 15.3 Å². The Balaban J connectivity index is 1.70. The lowest BCUT2D eigenvalue weighted by Crippen LogP contribution is -2.12. The highest BCUT2D eigenvalue weighted by Crippen LogP contribution is 2.29. The summed E-state index contributed by atoms with van der Waals surface area (Å²) in [7, 11) is 0. The van der Waals surface area contributed by atoms with Crippen LogP contribution in [0.2, 0.25) is 0 Å². The fourth-order valence-electron chi connectivity index (χ4n) is 2.13. The van der Waals surface area contributed by atoms with Gasteiger partial charge in [-0.25, -0.2) is 4.98 Å². The molecule has 1 fully saturated rings. The molecule has 1 amide bonds. The Morgan fingerprint density at radius 3 is 3.11 bits per heavy atom. The van der Waals surface area contributed by atoms with Crippen LogP contribution < -0.4 is 10.6 Å². The molecule has 19 heavy (non-hydrogen) atoms. The first-order valence-corrected chi connectivity index (χ1v) is 7.05. The van der Waals surface area contributed by atoms with Crippen LogP contribution in [0.5, 0.6) is 0 Å². The predicted octanol–water partition coefficient (Wildman–Crippen LogP) is 2.21. The van der Waals surface area contributed by atoms with Gasteiger partial charge in [-0.2, -0.15) is 0 Å². The van der Waals surface area contributed by atoms with Gasteiger partial charge in [0, 0.05) is 23.3 Å². The Morgan fingerprint density at radius 2 is 2.37 bits per heavy atom. The van der Waals surface area contributed by atoms with E-state index in [9.17, 15) is 4.79 Å². The number of rotatable bonds is 3. The average Bonchev–Trinajstić information content (AvgIpc) is 3.11. The van der Waals surface area contributed by atoms with Crippen molar-refractivity contribution in [2.75, 3.05) is 11.9 Å². The standard InChI is InChI=1S/C13H14N4OS/c18-13(17-12-8-14-6-7-16-12)11-4-3-10(19-11)9-2-1-5-15-9/h3-4,6-9,15H,1-2,5H2,(H,16,17,18)/t9-/m0/s1. The van der Waals surface area contributed by atoms with Crippen molar-refractivity contribution in [1.29, 1.82) is 0 Å². The maximum Gasteiger partial charge on any atom is 0.266 e. The first kappa shape index (κ1) is 12.3. The number of aromatic nitrogens is 2. The summed E-state index contributed by atoms with van der Waals surface area (Å²) in [6.45, 7) is 1.06. The zero-order chi connectivity index (χ0) is 13.1. The minimum atomic E-state index is -0.130. The van der Waals surface area contributed by atoms with Gasteiger partial charge >= 0.3 is 0 Å². The molecule has 3 heterocycles. The van der Waals surface area contributed by atoms with Gasteiger partial charge in [0.15, 0.2) is 5.82 Å². The van der Waals surface area contributed by atoms with Crippen LogP contribution in [0.3, 0.4) is 0 Å². The van der Waals surface area contributed by atoms with Crippen molar-refractivity contribution in [2.45, 2.75) is 18.9 Å². The van der Waals surface area contributed by atoms with Crippen LogP contribution in [0.4, 0.5) is 5.82 Å². The summed E-state index contributed by atoms with van der Waals surface area (Å²) in [6, 6.07) is 4.30. The number of anilines is 1. The van der Waals surface area contributed by atoms with Crippen molar-refractivity contribution in [3.63, 3.8) is 0 Å². The molecule has 1 saturated heterocycles. The first-order valence-electron chi connectivity index (χ1n) is 6.23. The number of hydrogen-bond acceptors (Lipinski definition) is 5. The molecule has 98 valence electrons. The number of carbonyl (C=O) groups is 1. The highest BCUT2D eigenvalue weighted by atomic mass is 32.1. The van der Waals surface area contributed by atoms with Crippen LogP contribution in [0.1, 0.15) is 33.4 Å². The van der Waals surface area contributed by atoms with Gasteiger partial charge in [-0.1, -0.05) is 0 Å². The first-order chi connectivity index (χ1) is 9.33. The van der Waals surface area contributed by atoms with Crippen LogP contribution in [0.25, 0.3) is 0 Å². The Hall–Kier alpha value is -1.79. The fraction of sp³-hybridized carbons (Fsp3) is 0.308. The molecule has 1 aliphatic heterocycles. The Morgan fingerprint density at radius 1 is 1.42 bits per heavy atom. The molecule has 0 aliphatic carbocycles. The van der Waals surface area contributed by atoms with Crippen LogP contribution in [0, 0.1) is 0 Å². The van der Waals surface area contributed by atoms with Crippen molar-refractivity contribution in [3.05, 3.63) is 40.5 Å². The van der Waals surface area contributed by atoms with Crippen LogP contribution in [-0.4, -0.2) is 22.4 Å². The van der Waals surface area contributed by atoms with Gasteiger partial charge in [-0.15, -0.1) is 11.3 Å². The Kier molecular flexibility index (Phi) is 3.52. The Labute approximate surface area is 115 Å². The molecule has 1 atom stereocenters. The van der Waals surface area contributed by atoms with E-state index in [1.54, 1.807) is 12.4 Å². The molecular weight excluding hydrogens is 260 g/mol. The summed E-state index contributed by atoms with van der Waals surface area (Å²) < 4.78 is 0. The summed E-state index contributed by atoms with van der Waals surface area (Å²) >= 11 is 1.53. The molecule has 2 aromatic heterocycles. The zero-order valence-electron chi connectivity index (χ0n) is 10.3. The summed E-state index contributed by atoms with van der Waals surface area (Å²) in [5, 5.41) is 6.17. The summed E-state index contributed by atoms with van der Waals surface area (Å²) in [5.74, 6) is 0.344. The zero-order valence-corrected chi connectivity index (χ0v) is 11.1. The van der Waals surface area contributed by atoms with Gasteiger partial charge in [-0.3, -0.25) is 9.78 Å². The number of amides is 1. The molecular formula is C13H14N4OS. The predicted molar refractivity (Wildman–Crippen MR) is 74.3 cm³/mol. The summed E-state index contributed by atoms with van der Waals surface area (Å²) in [5.41, 5.74) is 0. The molecule has 0 radical (unpaired) electrons. The van der Waals surface area contributed by atoms with Gasteiger partial charge < -0.3 is 10.6 Å². The number of carbonyl (C=O) groups excluding carboxylic acids is 1. The molecule has 6 heteroatoms. The lowest BCUT2D eigenvalue weighted by atomic mass is 10.2. The normalized spacial score (nSPS) is 18.4. The maximum absolute atomic E-state index is 12.1. The topological polar surface area (TPSA) is 66.9 Å². The van der Waals surface area contributed by atoms with Gasteiger partial charge in [0.05, 0.1) is 11.1 Å². The van der Waals surface area contributed by atoms with Crippen molar-refractivity contribution < 1.29 is 4.79 Å². The molecule has 2 aromatic rings. The molecule has 5 nitrogen and oxygen atoms in total. The van der Waals surface area contributed by atoms with E-state index in [2.05, 4.69) is 20.6 Å². The maximum atomic E-state index is 12.1. The third kappa shape index (κ3) is 2.80. The van der Waals surface area contributed by atoms with Gasteiger partial charge in [0.2, 0.25) is 0 Å².